The van der Waals surface area contributed by atoms with Gasteiger partial charge in [-0.3, -0.25) is 0 Å². The monoisotopic (exact) mass is 292 g/mol. The van der Waals surface area contributed by atoms with E-state index in [2.05, 4.69) is 64.1 Å². The van der Waals surface area contributed by atoms with Crippen molar-refractivity contribution in [3.05, 3.63) is 90.0 Å². The smallest absolute Gasteiger partial charge is 0.0946 e. The summed E-state index contributed by atoms with van der Waals surface area (Å²) in [5, 5.41) is 0. The molecule has 2 aromatic carbocycles. The molecule has 0 amide bonds. The van der Waals surface area contributed by atoms with Crippen molar-refractivity contribution >= 4 is 11.8 Å². The zero-order chi connectivity index (χ0) is 14.1. The predicted molar refractivity (Wildman–Crippen MR) is 87.2 cm³/mol. The van der Waals surface area contributed by atoms with Gasteiger partial charge in [-0.2, -0.15) is 0 Å². The van der Waals surface area contributed by atoms with E-state index in [0.29, 0.717) is 0 Å². The van der Waals surface area contributed by atoms with Crippen molar-refractivity contribution < 1.29 is 0 Å². The van der Waals surface area contributed by atoms with Gasteiger partial charge in [0.1, 0.15) is 0 Å². The summed E-state index contributed by atoms with van der Waals surface area (Å²) in [5.41, 5.74) is 4.26. The second-order valence-electron chi connectivity index (χ2n) is 5.37. The molecule has 1 atom stereocenters. The zero-order valence-electron chi connectivity index (χ0n) is 11.6. The molecule has 2 heterocycles. The zero-order valence-corrected chi connectivity index (χ0v) is 12.5. The Hall–Kier alpha value is -2.00. The van der Waals surface area contributed by atoms with E-state index < -0.39 is 0 Å². The summed E-state index contributed by atoms with van der Waals surface area (Å²) in [4.78, 5) is 4.20. The van der Waals surface area contributed by atoms with Crippen molar-refractivity contribution in [3.8, 4) is 0 Å². The summed E-state index contributed by atoms with van der Waals surface area (Å²) in [6.07, 6.45) is 5.81. The van der Waals surface area contributed by atoms with E-state index in [4.69, 9.17) is 0 Å². The van der Waals surface area contributed by atoms with Crippen LogP contribution in [0.4, 0.5) is 0 Å². The van der Waals surface area contributed by atoms with Crippen LogP contribution in [0.1, 0.15) is 16.7 Å². The number of imidazole rings is 1. The highest BCUT2D eigenvalue weighted by Crippen LogP contribution is 2.52. The second kappa shape index (κ2) is 5.08. The van der Waals surface area contributed by atoms with Crippen molar-refractivity contribution in [2.24, 2.45) is 0 Å². The number of thioether (sulfide) groups is 1. The number of fused-ring (bicyclic) bond motifs is 1. The Kier molecular flexibility index (Phi) is 3.08. The summed E-state index contributed by atoms with van der Waals surface area (Å²) in [7, 11) is 0. The third-order valence-corrected chi connectivity index (χ3v) is 5.66. The normalized spacial score (nSPS) is 20.4. The molecule has 1 aromatic heterocycles. The molecule has 0 N–H and O–H groups in total. The Labute approximate surface area is 128 Å². The molecule has 104 valence electrons. The fraction of sp³-hybridized carbons (Fsp3) is 0.167. The average Bonchev–Trinajstić information content (AvgIpc) is 3.18. The summed E-state index contributed by atoms with van der Waals surface area (Å²) in [5.74, 6) is 1.07. The highest BCUT2D eigenvalue weighted by molar-refractivity contribution is 8.00. The molecule has 4 rings (SSSR count). The number of hydrogen-bond donors (Lipinski definition) is 0. The minimum atomic E-state index is -0.0153. The molecule has 0 aliphatic carbocycles. The lowest BCUT2D eigenvalue weighted by atomic mass is 9.87. The minimum absolute atomic E-state index is 0.0153. The molecule has 0 bridgehead atoms. The number of hydrogen-bond acceptors (Lipinski definition) is 2. The summed E-state index contributed by atoms with van der Waals surface area (Å²) < 4.78 is 2.17. The lowest BCUT2D eigenvalue weighted by Gasteiger charge is -2.30. The molecule has 21 heavy (non-hydrogen) atoms. The maximum absolute atomic E-state index is 4.20. The minimum Gasteiger partial charge on any atom is -0.335 e. The summed E-state index contributed by atoms with van der Waals surface area (Å²) in [6, 6.07) is 19.6. The van der Waals surface area contributed by atoms with E-state index >= 15 is 0 Å². The molecule has 3 heteroatoms. The molecule has 0 fully saturated rings. The molecule has 0 radical (unpaired) electrons. The van der Waals surface area contributed by atoms with Gasteiger partial charge >= 0.3 is 0 Å². The van der Waals surface area contributed by atoms with Gasteiger partial charge in [0.25, 0.3) is 0 Å². The van der Waals surface area contributed by atoms with Gasteiger partial charge in [0, 0.05) is 24.7 Å². The van der Waals surface area contributed by atoms with Gasteiger partial charge in [-0.15, -0.1) is 11.8 Å². The molecule has 1 aliphatic rings. The van der Waals surface area contributed by atoms with Crippen molar-refractivity contribution in [3.63, 3.8) is 0 Å². The predicted octanol–water partition coefficient (Wildman–Crippen LogP) is 4.07. The first-order valence-electron chi connectivity index (χ1n) is 7.12. The molecular formula is C18H16N2S. The van der Waals surface area contributed by atoms with Gasteiger partial charge < -0.3 is 4.57 Å². The van der Waals surface area contributed by atoms with Crippen molar-refractivity contribution in [1.29, 1.82) is 0 Å². The molecule has 0 saturated heterocycles. The van der Waals surface area contributed by atoms with Crippen LogP contribution in [0.25, 0.3) is 0 Å². The number of benzene rings is 2. The first-order valence-corrected chi connectivity index (χ1v) is 8.11. The second-order valence-corrected chi connectivity index (χ2v) is 6.65. The Morgan fingerprint density at radius 1 is 1.05 bits per heavy atom. The third-order valence-electron chi connectivity index (χ3n) is 4.13. The van der Waals surface area contributed by atoms with Crippen LogP contribution in [0.15, 0.2) is 73.3 Å². The molecule has 0 saturated carbocycles. The standard InChI is InChI=1S/C18H16N2S/c1-2-7-16(8-3-1)18(13-20-11-10-19-14-20)17-9-5-4-6-15(17)12-21-18/h1-11,14H,12-13H2. The fourth-order valence-corrected chi connectivity index (χ4v) is 4.68. The van der Waals surface area contributed by atoms with Crippen LogP contribution in [-0.2, 0) is 17.0 Å². The maximum Gasteiger partial charge on any atom is 0.0946 e. The first kappa shape index (κ1) is 12.7. The van der Waals surface area contributed by atoms with Crippen molar-refractivity contribution in [1.82, 2.24) is 9.55 Å². The summed E-state index contributed by atoms with van der Waals surface area (Å²) >= 11 is 2.02. The first-order chi connectivity index (χ1) is 10.4. The molecule has 2 nitrogen and oxygen atoms in total. The third kappa shape index (κ3) is 2.09. The van der Waals surface area contributed by atoms with E-state index in [1.165, 1.54) is 16.7 Å². The number of rotatable bonds is 3. The van der Waals surface area contributed by atoms with Crippen LogP contribution < -0.4 is 0 Å². The van der Waals surface area contributed by atoms with Gasteiger partial charge in [-0.25, -0.2) is 4.98 Å². The van der Waals surface area contributed by atoms with Gasteiger partial charge in [0.15, 0.2) is 0 Å². The molecule has 1 unspecified atom stereocenters. The van der Waals surface area contributed by atoms with Crippen LogP contribution in [0.3, 0.4) is 0 Å². The highest BCUT2D eigenvalue weighted by Gasteiger charge is 2.41. The average molecular weight is 292 g/mol. The molecule has 3 aromatic rings. The van der Waals surface area contributed by atoms with Crippen LogP contribution in [-0.4, -0.2) is 9.55 Å². The summed E-state index contributed by atoms with van der Waals surface area (Å²) in [6.45, 7) is 0.915. The van der Waals surface area contributed by atoms with Gasteiger partial charge in [-0.1, -0.05) is 54.6 Å². The van der Waals surface area contributed by atoms with E-state index in [1.54, 1.807) is 0 Å². The number of aromatic nitrogens is 2. The van der Waals surface area contributed by atoms with E-state index in [0.717, 1.165) is 12.3 Å². The van der Waals surface area contributed by atoms with Crippen molar-refractivity contribution in [2.45, 2.75) is 17.0 Å². The van der Waals surface area contributed by atoms with E-state index in [9.17, 15) is 0 Å². The Bertz CT molecular complexity index is 737. The number of nitrogens with zero attached hydrogens (tertiary/aromatic N) is 2. The van der Waals surface area contributed by atoms with Crippen LogP contribution in [0.5, 0.6) is 0 Å². The quantitative estimate of drug-likeness (QED) is 0.724. The Morgan fingerprint density at radius 3 is 2.67 bits per heavy atom. The topological polar surface area (TPSA) is 17.8 Å². The van der Waals surface area contributed by atoms with Crippen LogP contribution in [0, 0.1) is 0 Å². The van der Waals surface area contributed by atoms with Crippen LogP contribution >= 0.6 is 11.8 Å². The Balaban J connectivity index is 1.88. The SMILES string of the molecule is c1ccc(C2(Cn3ccnc3)SCc3ccccc32)cc1. The largest absolute Gasteiger partial charge is 0.335 e. The Morgan fingerprint density at radius 2 is 1.86 bits per heavy atom. The highest BCUT2D eigenvalue weighted by atomic mass is 32.2. The fourth-order valence-electron chi connectivity index (χ4n) is 3.12. The van der Waals surface area contributed by atoms with Crippen LogP contribution in [0.2, 0.25) is 0 Å². The van der Waals surface area contributed by atoms with Crippen molar-refractivity contribution in [2.75, 3.05) is 0 Å². The molecule has 0 spiro atoms. The maximum atomic E-state index is 4.20. The lowest BCUT2D eigenvalue weighted by molar-refractivity contribution is 0.585. The van der Waals surface area contributed by atoms with E-state index in [1.807, 2.05) is 30.5 Å². The van der Waals surface area contributed by atoms with Gasteiger partial charge in [0.05, 0.1) is 11.1 Å². The molecular weight excluding hydrogens is 276 g/mol. The van der Waals surface area contributed by atoms with Gasteiger partial charge in [-0.05, 0) is 16.7 Å². The lowest BCUT2D eigenvalue weighted by Crippen LogP contribution is -2.27. The van der Waals surface area contributed by atoms with E-state index in [-0.39, 0.29) is 4.75 Å². The van der Waals surface area contributed by atoms with Gasteiger partial charge in [0.2, 0.25) is 0 Å². The molecule has 1 aliphatic heterocycles.